The molecule has 3 rings (SSSR count). The van der Waals surface area contributed by atoms with Gasteiger partial charge in [-0.3, -0.25) is 25.2 Å². The number of hydrogen-bond acceptors (Lipinski definition) is 8. The Balaban J connectivity index is 2.03. The number of hydrogen-bond donors (Lipinski definition) is 3. The van der Waals surface area contributed by atoms with E-state index < -0.39 is 31.5 Å². The van der Waals surface area contributed by atoms with Crippen LogP contribution in [0, 0.1) is 10.1 Å². The maximum Gasteiger partial charge on any atom is 0.337 e. The summed E-state index contributed by atoms with van der Waals surface area (Å²) in [4.78, 5) is 25.4. The van der Waals surface area contributed by atoms with Crippen molar-refractivity contribution in [3.05, 3.63) is 88.2 Å². The molecule has 32 heavy (non-hydrogen) atoms. The standard InChI is InChI=1S/C20H17N5O6S/c1-13(14-5-4-10-21-12-14)22-23-18-9-8-15(25(28)29)11-19(18)32(30,31)24-17-7-3-2-6-16(17)20(26)27/h2-12,23-24H,1H3,(H,26,27)/b22-13+. The summed E-state index contributed by atoms with van der Waals surface area (Å²) in [7, 11) is -4.43. The van der Waals surface area contributed by atoms with Crippen molar-refractivity contribution in [3.63, 3.8) is 0 Å². The molecule has 0 spiro atoms. The molecule has 0 radical (unpaired) electrons. The molecule has 0 aliphatic carbocycles. The molecule has 0 bridgehead atoms. The Labute approximate surface area is 182 Å². The molecule has 0 unspecified atom stereocenters. The second-order valence-corrected chi connectivity index (χ2v) is 8.10. The SMILES string of the molecule is C/C(=N\Nc1ccc([N+](=O)[O-])cc1S(=O)(=O)Nc1ccccc1C(=O)O)c1cccnc1. The Bertz CT molecular complexity index is 1310. The van der Waals surface area contributed by atoms with Crippen LogP contribution < -0.4 is 10.1 Å². The minimum absolute atomic E-state index is 0.0425. The van der Waals surface area contributed by atoms with Crippen LogP contribution in [0.3, 0.4) is 0 Å². The number of non-ortho nitro benzene ring substituents is 1. The Morgan fingerprint density at radius 1 is 1.12 bits per heavy atom. The summed E-state index contributed by atoms with van der Waals surface area (Å²) >= 11 is 0. The highest BCUT2D eigenvalue weighted by Crippen LogP contribution is 2.29. The van der Waals surface area contributed by atoms with E-state index in [9.17, 15) is 28.4 Å². The van der Waals surface area contributed by atoms with Crippen molar-refractivity contribution < 1.29 is 23.2 Å². The van der Waals surface area contributed by atoms with Gasteiger partial charge in [-0.1, -0.05) is 18.2 Å². The lowest BCUT2D eigenvalue weighted by atomic mass is 10.2. The number of pyridine rings is 1. The quantitative estimate of drug-likeness (QED) is 0.264. The Morgan fingerprint density at radius 3 is 2.53 bits per heavy atom. The van der Waals surface area contributed by atoms with E-state index in [-0.39, 0.29) is 16.9 Å². The fourth-order valence-corrected chi connectivity index (χ4v) is 3.94. The van der Waals surface area contributed by atoms with Crippen molar-refractivity contribution in [1.29, 1.82) is 0 Å². The third-order valence-corrected chi connectivity index (χ3v) is 5.70. The number of nitro groups is 1. The molecular formula is C20H17N5O6S. The average Bonchev–Trinajstić information content (AvgIpc) is 2.77. The number of nitrogens with one attached hydrogen (secondary N) is 2. The third kappa shape index (κ3) is 5.05. The van der Waals surface area contributed by atoms with Crippen LogP contribution in [-0.2, 0) is 10.0 Å². The summed E-state index contributed by atoms with van der Waals surface area (Å²) < 4.78 is 28.3. The van der Waals surface area contributed by atoms with E-state index >= 15 is 0 Å². The minimum Gasteiger partial charge on any atom is -0.478 e. The molecule has 0 atom stereocenters. The number of hydrazone groups is 1. The third-order valence-electron chi connectivity index (χ3n) is 4.29. The van der Waals surface area contributed by atoms with Gasteiger partial charge in [0.25, 0.3) is 15.7 Å². The molecule has 164 valence electrons. The molecular weight excluding hydrogens is 438 g/mol. The number of carboxylic acid groups (broad SMARTS) is 1. The van der Waals surface area contributed by atoms with Crippen LogP contribution in [0.2, 0.25) is 0 Å². The van der Waals surface area contributed by atoms with Crippen molar-refractivity contribution >= 4 is 38.8 Å². The number of nitro benzene ring substituents is 1. The van der Waals surface area contributed by atoms with Gasteiger partial charge in [-0.2, -0.15) is 5.10 Å². The molecule has 3 N–H and O–H groups in total. The fourth-order valence-electron chi connectivity index (χ4n) is 2.68. The van der Waals surface area contributed by atoms with E-state index in [1.165, 1.54) is 30.3 Å². The van der Waals surface area contributed by atoms with Gasteiger partial charge in [0.1, 0.15) is 4.90 Å². The highest BCUT2D eigenvalue weighted by molar-refractivity contribution is 7.93. The van der Waals surface area contributed by atoms with Gasteiger partial charge in [-0.05, 0) is 31.2 Å². The Kier molecular flexibility index (Phi) is 6.45. The highest BCUT2D eigenvalue weighted by Gasteiger charge is 2.24. The summed E-state index contributed by atoms with van der Waals surface area (Å²) in [5.41, 5.74) is 2.81. The number of aromatic carboxylic acids is 1. The first kappa shape index (κ1) is 22.4. The highest BCUT2D eigenvalue weighted by atomic mass is 32.2. The average molecular weight is 455 g/mol. The van der Waals surface area contributed by atoms with Crippen molar-refractivity contribution in [1.82, 2.24) is 4.98 Å². The van der Waals surface area contributed by atoms with Crippen molar-refractivity contribution in [2.24, 2.45) is 5.10 Å². The van der Waals surface area contributed by atoms with E-state index in [1.807, 2.05) is 0 Å². The number of sulfonamides is 1. The number of rotatable bonds is 8. The number of aromatic nitrogens is 1. The van der Waals surface area contributed by atoms with Gasteiger partial charge in [-0.15, -0.1) is 0 Å². The lowest BCUT2D eigenvalue weighted by molar-refractivity contribution is -0.385. The van der Waals surface area contributed by atoms with Crippen molar-refractivity contribution in [2.45, 2.75) is 11.8 Å². The van der Waals surface area contributed by atoms with Crippen LogP contribution in [0.1, 0.15) is 22.8 Å². The molecule has 0 saturated carbocycles. The number of anilines is 2. The van der Waals surface area contributed by atoms with Crippen LogP contribution in [0.25, 0.3) is 0 Å². The second-order valence-electron chi connectivity index (χ2n) is 6.44. The first-order chi connectivity index (χ1) is 15.2. The van der Waals surface area contributed by atoms with E-state index in [1.54, 1.807) is 31.5 Å². The molecule has 0 aliphatic rings. The summed E-state index contributed by atoms with van der Waals surface area (Å²) in [6.45, 7) is 1.67. The van der Waals surface area contributed by atoms with Crippen LogP contribution in [0.5, 0.6) is 0 Å². The predicted octanol–water partition coefficient (Wildman–Crippen LogP) is 3.32. The van der Waals surface area contributed by atoms with E-state index in [2.05, 4.69) is 20.2 Å². The normalized spacial score (nSPS) is 11.6. The predicted molar refractivity (Wildman–Crippen MR) is 117 cm³/mol. The molecule has 2 aromatic carbocycles. The lowest BCUT2D eigenvalue weighted by Crippen LogP contribution is -2.17. The van der Waals surface area contributed by atoms with Gasteiger partial charge in [0.05, 0.1) is 27.6 Å². The maximum atomic E-state index is 13.1. The summed E-state index contributed by atoms with van der Waals surface area (Å²) in [5.74, 6) is -1.34. The van der Waals surface area contributed by atoms with Crippen molar-refractivity contribution in [3.8, 4) is 0 Å². The summed E-state index contributed by atoms with van der Waals surface area (Å²) in [6, 6.07) is 12.1. The Morgan fingerprint density at radius 2 is 1.88 bits per heavy atom. The molecule has 0 fully saturated rings. The smallest absolute Gasteiger partial charge is 0.337 e. The van der Waals surface area contributed by atoms with Crippen LogP contribution in [0.4, 0.5) is 17.1 Å². The molecule has 11 nitrogen and oxygen atoms in total. The van der Waals surface area contributed by atoms with Gasteiger partial charge in [-0.25, -0.2) is 13.2 Å². The minimum atomic E-state index is -4.43. The van der Waals surface area contributed by atoms with Crippen LogP contribution in [0.15, 0.2) is 77.0 Å². The fraction of sp³-hybridized carbons (Fsp3) is 0.0500. The topological polar surface area (TPSA) is 164 Å². The number of benzene rings is 2. The first-order valence-electron chi connectivity index (χ1n) is 9.03. The van der Waals surface area contributed by atoms with Gasteiger partial charge < -0.3 is 5.11 Å². The molecule has 0 amide bonds. The largest absolute Gasteiger partial charge is 0.478 e. The molecule has 3 aromatic rings. The van der Waals surface area contributed by atoms with Crippen LogP contribution in [-0.4, -0.2) is 35.1 Å². The zero-order valence-corrected chi connectivity index (χ0v) is 17.4. The zero-order valence-electron chi connectivity index (χ0n) is 16.6. The second kappa shape index (κ2) is 9.22. The molecule has 0 aliphatic heterocycles. The molecule has 1 heterocycles. The van der Waals surface area contributed by atoms with Gasteiger partial charge in [0.2, 0.25) is 0 Å². The Hall–Kier alpha value is -4.32. The van der Waals surface area contributed by atoms with Crippen molar-refractivity contribution in [2.75, 3.05) is 10.1 Å². The molecule has 1 aromatic heterocycles. The zero-order chi connectivity index (χ0) is 23.3. The number of carbonyl (C=O) groups is 1. The first-order valence-corrected chi connectivity index (χ1v) is 10.5. The van der Waals surface area contributed by atoms with Gasteiger partial charge in [0, 0.05) is 30.1 Å². The van der Waals surface area contributed by atoms with E-state index in [0.29, 0.717) is 11.3 Å². The number of carboxylic acids is 1. The maximum absolute atomic E-state index is 13.1. The van der Waals surface area contributed by atoms with Gasteiger partial charge >= 0.3 is 5.97 Å². The van der Waals surface area contributed by atoms with E-state index in [4.69, 9.17) is 0 Å². The monoisotopic (exact) mass is 455 g/mol. The number of nitrogens with zero attached hydrogens (tertiary/aromatic N) is 3. The molecule has 12 heteroatoms. The summed E-state index contributed by atoms with van der Waals surface area (Å²) in [5, 5.41) is 24.6. The van der Waals surface area contributed by atoms with Crippen LogP contribution >= 0.6 is 0 Å². The molecule has 0 saturated heterocycles. The summed E-state index contributed by atoms with van der Waals surface area (Å²) in [6.07, 6.45) is 3.16. The van der Waals surface area contributed by atoms with E-state index in [0.717, 1.165) is 12.1 Å². The van der Waals surface area contributed by atoms with Gasteiger partial charge in [0.15, 0.2) is 0 Å². The lowest BCUT2D eigenvalue weighted by Gasteiger charge is -2.13. The number of para-hydroxylation sites is 1.